The minimum atomic E-state index is 1.08. The van der Waals surface area contributed by atoms with E-state index in [0.717, 1.165) is 18.7 Å². The first-order valence-corrected chi connectivity index (χ1v) is 9.88. The lowest BCUT2D eigenvalue weighted by atomic mass is 9.99. The first kappa shape index (κ1) is 20.1. The monoisotopic (exact) mass is 350 g/mol. The van der Waals surface area contributed by atoms with Crippen LogP contribution in [-0.4, -0.2) is 27.2 Å². The van der Waals surface area contributed by atoms with E-state index in [2.05, 4.69) is 92.9 Å². The number of nitrogens with zero attached hydrogens (tertiary/aromatic N) is 2. The molecule has 2 aromatic carbocycles. The molecule has 2 aromatic rings. The quantitative estimate of drug-likeness (QED) is 0.502. The van der Waals surface area contributed by atoms with E-state index in [0.29, 0.717) is 0 Å². The van der Waals surface area contributed by atoms with Gasteiger partial charge in [-0.1, -0.05) is 57.5 Å². The van der Waals surface area contributed by atoms with Gasteiger partial charge in [-0.05, 0) is 53.8 Å². The summed E-state index contributed by atoms with van der Waals surface area (Å²) in [6.45, 7) is 11.0. The van der Waals surface area contributed by atoms with Gasteiger partial charge in [0, 0.05) is 38.6 Å². The Morgan fingerprint density at radius 3 is 1.35 bits per heavy atom. The number of unbranched alkanes of at least 4 members (excludes halogenated alkanes) is 2. The van der Waals surface area contributed by atoms with Crippen molar-refractivity contribution in [3.05, 3.63) is 66.2 Å². The Morgan fingerprint density at radius 2 is 1.04 bits per heavy atom. The molecule has 0 radical (unpaired) electrons. The van der Waals surface area contributed by atoms with Gasteiger partial charge in [0.25, 0.3) is 0 Å². The SMILES string of the molecule is C=C(c1ccc(N(C)CCCC)cc1)c1ccc(N(C)CCCC)cc1. The summed E-state index contributed by atoms with van der Waals surface area (Å²) in [5.74, 6) is 0. The summed E-state index contributed by atoms with van der Waals surface area (Å²) in [6.07, 6.45) is 4.90. The topological polar surface area (TPSA) is 6.48 Å². The van der Waals surface area contributed by atoms with E-state index in [9.17, 15) is 0 Å². The summed E-state index contributed by atoms with van der Waals surface area (Å²) in [5.41, 5.74) is 5.98. The third kappa shape index (κ3) is 5.39. The molecule has 0 saturated heterocycles. The predicted octanol–water partition coefficient (Wildman–Crippen LogP) is 6.22. The summed E-state index contributed by atoms with van der Waals surface area (Å²) in [7, 11) is 4.32. The zero-order valence-corrected chi connectivity index (χ0v) is 17.0. The lowest BCUT2D eigenvalue weighted by Gasteiger charge is -2.20. The number of hydrogen-bond donors (Lipinski definition) is 0. The highest BCUT2D eigenvalue weighted by Crippen LogP contribution is 2.26. The van der Waals surface area contributed by atoms with E-state index < -0.39 is 0 Å². The van der Waals surface area contributed by atoms with Gasteiger partial charge in [-0.2, -0.15) is 0 Å². The molecule has 0 aliphatic heterocycles. The van der Waals surface area contributed by atoms with Crippen LogP contribution >= 0.6 is 0 Å². The molecule has 0 bridgehead atoms. The van der Waals surface area contributed by atoms with Crippen molar-refractivity contribution in [3.8, 4) is 0 Å². The summed E-state index contributed by atoms with van der Waals surface area (Å²) >= 11 is 0. The highest BCUT2D eigenvalue weighted by atomic mass is 15.1. The molecule has 0 N–H and O–H groups in total. The fourth-order valence-corrected chi connectivity index (χ4v) is 3.05. The number of anilines is 2. The average molecular weight is 351 g/mol. The lowest BCUT2D eigenvalue weighted by molar-refractivity contribution is 0.766. The molecule has 2 heteroatoms. The molecule has 0 aliphatic rings. The summed E-state index contributed by atoms with van der Waals surface area (Å²) < 4.78 is 0. The first-order valence-electron chi connectivity index (χ1n) is 9.88. The third-order valence-corrected chi connectivity index (χ3v) is 5.01. The molecule has 2 rings (SSSR count). The van der Waals surface area contributed by atoms with E-state index in [-0.39, 0.29) is 0 Å². The van der Waals surface area contributed by atoms with Crippen molar-refractivity contribution in [2.24, 2.45) is 0 Å². The van der Waals surface area contributed by atoms with Gasteiger partial charge in [0.05, 0.1) is 0 Å². The van der Waals surface area contributed by atoms with Crippen molar-refractivity contribution >= 4 is 16.9 Å². The van der Waals surface area contributed by atoms with E-state index >= 15 is 0 Å². The summed E-state index contributed by atoms with van der Waals surface area (Å²) in [6, 6.07) is 17.5. The van der Waals surface area contributed by atoms with Gasteiger partial charge in [-0.15, -0.1) is 0 Å². The zero-order valence-electron chi connectivity index (χ0n) is 17.0. The molecule has 0 unspecified atom stereocenters. The highest BCUT2D eigenvalue weighted by Gasteiger charge is 2.06. The van der Waals surface area contributed by atoms with Crippen molar-refractivity contribution in [1.82, 2.24) is 0 Å². The predicted molar refractivity (Wildman–Crippen MR) is 117 cm³/mol. The molecule has 0 atom stereocenters. The van der Waals surface area contributed by atoms with E-state index in [1.54, 1.807) is 0 Å². The first-order chi connectivity index (χ1) is 12.6. The van der Waals surface area contributed by atoms with Crippen LogP contribution in [0.5, 0.6) is 0 Å². The van der Waals surface area contributed by atoms with Gasteiger partial charge in [-0.25, -0.2) is 0 Å². The van der Waals surface area contributed by atoms with Crippen molar-refractivity contribution in [1.29, 1.82) is 0 Å². The molecule has 2 nitrogen and oxygen atoms in total. The Bertz CT molecular complexity index is 611. The number of rotatable bonds is 10. The molecule has 0 aromatic heterocycles. The normalized spacial score (nSPS) is 10.6. The highest BCUT2D eigenvalue weighted by molar-refractivity contribution is 5.79. The minimum absolute atomic E-state index is 1.08. The third-order valence-electron chi connectivity index (χ3n) is 5.01. The molecule has 0 fully saturated rings. The van der Waals surface area contributed by atoms with Crippen LogP contribution in [0, 0.1) is 0 Å². The van der Waals surface area contributed by atoms with Crippen molar-refractivity contribution < 1.29 is 0 Å². The second-order valence-electron chi connectivity index (χ2n) is 7.12. The van der Waals surface area contributed by atoms with Crippen LogP contribution in [0.3, 0.4) is 0 Å². The fraction of sp³-hybridized carbons (Fsp3) is 0.417. The van der Waals surface area contributed by atoms with Gasteiger partial charge in [0.15, 0.2) is 0 Å². The lowest BCUT2D eigenvalue weighted by Crippen LogP contribution is -2.18. The van der Waals surface area contributed by atoms with Gasteiger partial charge in [0.2, 0.25) is 0 Å². The maximum Gasteiger partial charge on any atom is 0.0364 e. The Morgan fingerprint density at radius 1 is 0.692 bits per heavy atom. The van der Waals surface area contributed by atoms with E-state index in [4.69, 9.17) is 0 Å². The second kappa shape index (κ2) is 10.1. The standard InChI is InChI=1S/C24H34N2/c1-6-8-18-25(4)23-14-10-21(11-15-23)20(3)22-12-16-24(17-13-22)26(5)19-9-7-2/h10-17H,3,6-9,18-19H2,1-2,4-5H3. The molecule has 26 heavy (non-hydrogen) atoms. The average Bonchev–Trinajstić information content (AvgIpc) is 2.69. The fourth-order valence-electron chi connectivity index (χ4n) is 3.05. The van der Waals surface area contributed by atoms with Crippen LogP contribution < -0.4 is 9.80 Å². The Hall–Kier alpha value is -2.22. The van der Waals surface area contributed by atoms with Gasteiger partial charge >= 0.3 is 0 Å². The van der Waals surface area contributed by atoms with Crippen LogP contribution in [-0.2, 0) is 0 Å². The maximum atomic E-state index is 4.32. The molecule has 0 spiro atoms. The van der Waals surface area contributed by atoms with Crippen molar-refractivity contribution in [3.63, 3.8) is 0 Å². The van der Waals surface area contributed by atoms with Crippen LogP contribution in [0.25, 0.3) is 5.57 Å². The maximum absolute atomic E-state index is 4.32. The molecule has 140 valence electrons. The van der Waals surface area contributed by atoms with Crippen molar-refractivity contribution in [2.45, 2.75) is 39.5 Å². The summed E-state index contributed by atoms with van der Waals surface area (Å²) in [5, 5.41) is 0. The van der Waals surface area contributed by atoms with E-state index in [1.165, 1.54) is 48.2 Å². The zero-order chi connectivity index (χ0) is 18.9. The molecular weight excluding hydrogens is 316 g/mol. The second-order valence-corrected chi connectivity index (χ2v) is 7.12. The number of hydrogen-bond acceptors (Lipinski definition) is 2. The molecule has 0 saturated carbocycles. The Balaban J connectivity index is 2.04. The van der Waals surface area contributed by atoms with Crippen LogP contribution in [0.1, 0.15) is 50.7 Å². The Kier molecular flexibility index (Phi) is 7.77. The summed E-state index contributed by atoms with van der Waals surface area (Å²) in [4.78, 5) is 4.63. The van der Waals surface area contributed by atoms with Gasteiger partial charge < -0.3 is 9.80 Å². The number of benzene rings is 2. The molecular formula is C24H34N2. The van der Waals surface area contributed by atoms with Crippen molar-refractivity contribution in [2.75, 3.05) is 37.0 Å². The minimum Gasteiger partial charge on any atom is -0.375 e. The largest absolute Gasteiger partial charge is 0.375 e. The smallest absolute Gasteiger partial charge is 0.0364 e. The van der Waals surface area contributed by atoms with E-state index in [1.807, 2.05) is 0 Å². The molecule has 0 heterocycles. The van der Waals surface area contributed by atoms with Gasteiger partial charge in [0.1, 0.15) is 0 Å². The molecule has 0 aliphatic carbocycles. The Labute approximate surface area is 160 Å². The van der Waals surface area contributed by atoms with Crippen LogP contribution in [0.4, 0.5) is 11.4 Å². The molecule has 0 amide bonds. The van der Waals surface area contributed by atoms with Crippen LogP contribution in [0.15, 0.2) is 55.1 Å². The van der Waals surface area contributed by atoms with Gasteiger partial charge in [-0.3, -0.25) is 0 Å². The van der Waals surface area contributed by atoms with Crippen LogP contribution in [0.2, 0.25) is 0 Å².